The molecule has 7 heteroatoms. The van der Waals surface area contributed by atoms with Gasteiger partial charge in [-0.25, -0.2) is 9.67 Å². The highest BCUT2D eigenvalue weighted by Crippen LogP contribution is 2.18. The van der Waals surface area contributed by atoms with Crippen LogP contribution in [0.15, 0.2) is 61.2 Å². The molecule has 4 rings (SSSR count). The zero-order valence-corrected chi connectivity index (χ0v) is 17.4. The van der Waals surface area contributed by atoms with Crippen LogP contribution in [-0.4, -0.2) is 50.9 Å². The minimum Gasteiger partial charge on any atom is -0.373 e. The number of nitrogens with zero attached hydrogens (tertiary/aromatic N) is 4. The zero-order valence-electron chi connectivity index (χ0n) is 17.4. The number of para-hydroxylation sites is 1. The number of carbonyl (C=O) groups is 1. The molecule has 0 saturated carbocycles. The summed E-state index contributed by atoms with van der Waals surface area (Å²) in [5, 5.41) is 7.16. The van der Waals surface area contributed by atoms with Gasteiger partial charge in [0, 0.05) is 30.9 Å². The molecule has 156 valence electrons. The van der Waals surface area contributed by atoms with Gasteiger partial charge in [-0.05, 0) is 43.2 Å². The van der Waals surface area contributed by atoms with E-state index < -0.39 is 0 Å². The number of benzene rings is 2. The first kappa shape index (κ1) is 20.3. The van der Waals surface area contributed by atoms with Gasteiger partial charge in [0.25, 0.3) is 5.91 Å². The Bertz CT molecular complexity index is 962. The van der Waals surface area contributed by atoms with Crippen LogP contribution < -0.4 is 5.32 Å². The number of hydrogen-bond acceptors (Lipinski definition) is 5. The average molecular weight is 406 g/mol. The fourth-order valence-corrected chi connectivity index (χ4v) is 3.90. The molecule has 30 heavy (non-hydrogen) atoms. The van der Waals surface area contributed by atoms with Crippen molar-refractivity contribution in [1.29, 1.82) is 0 Å². The monoisotopic (exact) mass is 405 g/mol. The second-order valence-electron chi connectivity index (χ2n) is 7.85. The number of amides is 1. The van der Waals surface area contributed by atoms with Crippen molar-refractivity contribution >= 4 is 11.6 Å². The Hall–Kier alpha value is -3.03. The maximum absolute atomic E-state index is 12.8. The maximum Gasteiger partial charge on any atom is 0.255 e. The van der Waals surface area contributed by atoms with Crippen molar-refractivity contribution < 1.29 is 9.53 Å². The van der Waals surface area contributed by atoms with Gasteiger partial charge in [-0.1, -0.05) is 30.3 Å². The Morgan fingerprint density at radius 2 is 1.80 bits per heavy atom. The van der Waals surface area contributed by atoms with E-state index in [0.29, 0.717) is 12.1 Å². The largest absolute Gasteiger partial charge is 0.373 e. The van der Waals surface area contributed by atoms with Crippen molar-refractivity contribution in [1.82, 2.24) is 19.7 Å². The molecule has 2 aromatic carbocycles. The number of aromatic nitrogens is 3. The number of anilines is 1. The van der Waals surface area contributed by atoms with Gasteiger partial charge < -0.3 is 10.1 Å². The molecule has 2 unspecified atom stereocenters. The summed E-state index contributed by atoms with van der Waals surface area (Å²) < 4.78 is 7.53. The Morgan fingerprint density at radius 1 is 1.07 bits per heavy atom. The van der Waals surface area contributed by atoms with Gasteiger partial charge in [-0.2, -0.15) is 5.10 Å². The topological polar surface area (TPSA) is 72.3 Å². The summed E-state index contributed by atoms with van der Waals surface area (Å²) in [7, 11) is 0. The second-order valence-corrected chi connectivity index (χ2v) is 7.85. The van der Waals surface area contributed by atoms with Gasteiger partial charge >= 0.3 is 0 Å². The molecule has 3 aromatic rings. The minimum absolute atomic E-state index is 0.124. The molecule has 0 spiro atoms. The summed E-state index contributed by atoms with van der Waals surface area (Å²) in [6.45, 7) is 7.48. The number of morpholine rings is 1. The number of hydrogen-bond donors (Lipinski definition) is 1. The average Bonchev–Trinajstić information content (AvgIpc) is 3.22. The lowest BCUT2D eigenvalue weighted by atomic mass is 10.1. The molecular weight excluding hydrogens is 378 g/mol. The summed E-state index contributed by atoms with van der Waals surface area (Å²) >= 11 is 0. The highest BCUT2D eigenvalue weighted by atomic mass is 16.5. The molecular formula is C23H27N5O2. The lowest BCUT2D eigenvalue weighted by Gasteiger charge is -2.35. The lowest BCUT2D eigenvalue weighted by molar-refractivity contribution is -0.0704. The van der Waals surface area contributed by atoms with Gasteiger partial charge in [0.05, 0.1) is 18.8 Å². The molecule has 2 heterocycles. The van der Waals surface area contributed by atoms with E-state index in [1.807, 2.05) is 48.5 Å². The summed E-state index contributed by atoms with van der Waals surface area (Å²) in [5.41, 5.74) is 3.58. The van der Waals surface area contributed by atoms with Gasteiger partial charge in [0.1, 0.15) is 12.7 Å². The predicted octanol–water partition coefficient (Wildman–Crippen LogP) is 3.19. The smallest absolute Gasteiger partial charge is 0.255 e. The third kappa shape index (κ3) is 5.11. The molecule has 1 N–H and O–H groups in total. The van der Waals surface area contributed by atoms with E-state index in [-0.39, 0.29) is 18.1 Å². The van der Waals surface area contributed by atoms with Crippen LogP contribution in [0.5, 0.6) is 0 Å². The fourth-order valence-electron chi connectivity index (χ4n) is 3.90. The molecule has 0 bridgehead atoms. The molecule has 1 aromatic heterocycles. The molecule has 1 aliphatic heterocycles. The predicted molar refractivity (Wildman–Crippen MR) is 115 cm³/mol. The van der Waals surface area contributed by atoms with Crippen LogP contribution in [0.2, 0.25) is 0 Å². The SMILES string of the molecule is CC1CN(Cc2ccc(C(=O)Nc3ccccc3Cn3cncn3)cc2)CC(C)O1. The maximum atomic E-state index is 12.8. The van der Waals surface area contributed by atoms with E-state index in [9.17, 15) is 4.79 Å². The highest BCUT2D eigenvalue weighted by molar-refractivity contribution is 6.04. The van der Waals surface area contributed by atoms with E-state index in [1.165, 1.54) is 11.9 Å². The molecule has 1 fully saturated rings. The summed E-state index contributed by atoms with van der Waals surface area (Å²) in [6.07, 6.45) is 3.65. The van der Waals surface area contributed by atoms with E-state index in [1.54, 1.807) is 11.0 Å². The van der Waals surface area contributed by atoms with E-state index in [4.69, 9.17) is 4.74 Å². The molecule has 1 saturated heterocycles. The Balaban J connectivity index is 1.40. The van der Waals surface area contributed by atoms with Gasteiger partial charge in [-0.15, -0.1) is 0 Å². The summed E-state index contributed by atoms with van der Waals surface area (Å²) in [4.78, 5) is 19.1. The number of ether oxygens (including phenoxy) is 1. The van der Waals surface area contributed by atoms with E-state index in [0.717, 1.165) is 30.9 Å². The standard InChI is InChI=1S/C23H27N5O2/c1-17-11-27(12-18(2)30-17)13-19-7-9-20(10-8-19)23(29)26-22-6-4-3-5-21(22)14-28-16-24-15-25-28/h3-10,15-18H,11-14H2,1-2H3,(H,26,29). The van der Waals surface area contributed by atoms with Crippen molar-refractivity contribution in [3.8, 4) is 0 Å². The van der Waals surface area contributed by atoms with Crippen LogP contribution >= 0.6 is 0 Å². The van der Waals surface area contributed by atoms with Crippen molar-refractivity contribution in [3.63, 3.8) is 0 Å². The molecule has 0 radical (unpaired) electrons. The van der Waals surface area contributed by atoms with E-state index >= 15 is 0 Å². The molecule has 7 nitrogen and oxygen atoms in total. The van der Waals surface area contributed by atoms with Crippen molar-refractivity contribution in [2.24, 2.45) is 0 Å². The molecule has 2 atom stereocenters. The van der Waals surface area contributed by atoms with Gasteiger partial charge in [-0.3, -0.25) is 9.69 Å². The molecule has 0 aliphatic carbocycles. The van der Waals surface area contributed by atoms with Crippen LogP contribution in [0.25, 0.3) is 0 Å². The van der Waals surface area contributed by atoms with E-state index in [2.05, 4.69) is 34.1 Å². The fraction of sp³-hybridized carbons (Fsp3) is 0.348. The minimum atomic E-state index is -0.124. The molecule has 1 amide bonds. The Morgan fingerprint density at radius 3 is 2.50 bits per heavy atom. The van der Waals surface area contributed by atoms with Crippen molar-refractivity contribution in [2.75, 3.05) is 18.4 Å². The van der Waals surface area contributed by atoms with Gasteiger partial charge in [0.15, 0.2) is 0 Å². The van der Waals surface area contributed by atoms with Crippen molar-refractivity contribution in [2.45, 2.75) is 39.1 Å². The van der Waals surface area contributed by atoms with Crippen LogP contribution in [0.1, 0.15) is 35.3 Å². The second kappa shape index (κ2) is 9.19. The zero-order chi connectivity index (χ0) is 20.9. The third-order valence-corrected chi connectivity index (χ3v) is 5.18. The first-order chi connectivity index (χ1) is 14.6. The van der Waals surface area contributed by atoms with Crippen molar-refractivity contribution in [3.05, 3.63) is 77.9 Å². The summed E-state index contributed by atoms with van der Waals surface area (Å²) in [5.74, 6) is -0.124. The third-order valence-electron chi connectivity index (χ3n) is 5.18. The first-order valence-electron chi connectivity index (χ1n) is 10.3. The van der Waals surface area contributed by atoms with Gasteiger partial charge in [0.2, 0.25) is 0 Å². The number of rotatable bonds is 6. The summed E-state index contributed by atoms with van der Waals surface area (Å²) in [6, 6.07) is 15.6. The Kier molecular flexibility index (Phi) is 6.21. The molecule has 1 aliphatic rings. The first-order valence-corrected chi connectivity index (χ1v) is 10.3. The van der Waals surface area contributed by atoms with Crippen LogP contribution in [0.4, 0.5) is 5.69 Å². The highest BCUT2D eigenvalue weighted by Gasteiger charge is 2.22. The normalized spacial score (nSPS) is 19.5. The van der Waals surface area contributed by atoms with Crippen LogP contribution in [0.3, 0.4) is 0 Å². The van der Waals surface area contributed by atoms with Crippen LogP contribution in [-0.2, 0) is 17.8 Å². The number of carbonyl (C=O) groups excluding carboxylic acids is 1. The lowest BCUT2D eigenvalue weighted by Crippen LogP contribution is -2.44. The Labute approximate surface area is 176 Å². The number of nitrogens with one attached hydrogen (secondary N) is 1. The van der Waals surface area contributed by atoms with Crippen LogP contribution in [0, 0.1) is 0 Å². The quantitative estimate of drug-likeness (QED) is 0.682.